The Labute approximate surface area is 120 Å². The van der Waals surface area contributed by atoms with Gasteiger partial charge in [0.05, 0.1) is 7.11 Å². The van der Waals surface area contributed by atoms with Crippen molar-refractivity contribution in [2.24, 2.45) is 0 Å². The van der Waals surface area contributed by atoms with Gasteiger partial charge in [-0.2, -0.15) is 0 Å². The van der Waals surface area contributed by atoms with Gasteiger partial charge in [0, 0.05) is 12.1 Å². The predicted molar refractivity (Wildman–Crippen MR) is 76.8 cm³/mol. The van der Waals surface area contributed by atoms with Gasteiger partial charge in [-0.15, -0.1) is 12.4 Å². The van der Waals surface area contributed by atoms with Crippen LogP contribution in [0.5, 0.6) is 11.5 Å². The first-order valence-electron chi connectivity index (χ1n) is 6.32. The largest absolute Gasteiger partial charge is 0.493 e. The zero-order valence-corrected chi connectivity index (χ0v) is 11.9. The van der Waals surface area contributed by atoms with E-state index >= 15 is 0 Å². The Morgan fingerprint density at radius 1 is 1.26 bits per heavy atom. The number of aldehydes is 1. The summed E-state index contributed by atoms with van der Waals surface area (Å²) in [5.74, 6) is 1.31. The average molecular weight is 286 g/mol. The van der Waals surface area contributed by atoms with Crippen LogP contribution in [0.1, 0.15) is 23.2 Å². The monoisotopic (exact) mass is 285 g/mol. The lowest BCUT2D eigenvalue weighted by Crippen LogP contribution is -2.25. The summed E-state index contributed by atoms with van der Waals surface area (Å²) in [6.07, 6.45) is 3.38. The molecule has 1 heterocycles. The van der Waals surface area contributed by atoms with E-state index in [0.717, 1.165) is 12.8 Å². The van der Waals surface area contributed by atoms with E-state index in [4.69, 9.17) is 9.47 Å². The van der Waals surface area contributed by atoms with Crippen LogP contribution >= 0.6 is 12.4 Å². The van der Waals surface area contributed by atoms with Crippen molar-refractivity contribution < 1.29 is 14.3 Å². The minimum Gasteiger partial charge on any atom is -0.493 e. The normalized spacial score (nSPS) is 14.8. The highest BCUT2D eigenvalue weighted by Crippen LogP contribution is 2.27. The lowest BCUT2D eigenvalue weighted by molar-refractivity contribution is 0.112. The maximum Gasteiger partial charge on any atom is 0.161 e. The number of hydrogen-bond donors (Lipinski definition) is 0. The van der Waals surface area contributed by atoms with Crippen molar-refractivity contribution in [3.63, 3.8) is 0 Å². The molecule has 1 saturated heterocycles. The molecule has 0 spiro atoms. The molecule has 106 valence electrons. The number of carbonyl (C=O) groups is 1. The van der Waals surface area contributed by atoms with Crippen LogP contribution in [0.2, 0.25) is 0 Å². The summed E-state index contributed by atoms with van der Waals surface area (Å²) in [6.45, 7) is 3.94. The molecule has 0 aliphatic carbocycles. The topological polar surface area (TPSA) is 38.8 Å². The van der Waals surface area contributed by atoms with Crippen molar-refractivity contribution in [2.75, 3.05) is 33.4 Å². The van der Waals surface area contributed by atoms with Gasteiger partial charge in [-0.25, -0.2) is 0 Å². The van der Waals surface area contributed by atoms with Gasteiger partial charge in [0.25, 0.3) is 0 Å². The molecule has 1 fully saturated rings. The standard InChI is InChI=1S/C14H19NO3.ClH/c1-17-14-10-12(11-16)4-5-13(14)18-9-8-15-6-2-3-7-15;/h4-5,10-11H,2-3,6-9H2,1H3;1H. The molecular formula is C14H20ClNO3. The fourth-order valence-corrected chi connectivity index (χ4v) is 2.17. The SMILES string of the molecule is COc1cc(C=O)ccc1OCCN1CCCC1.Cl. The molecule has 2 rings (SSSR count). The van der Waals surface area contributed by atoms with E-state index in [1.54, 1.807) is 25.3 Å². The highest BCUT2D eigenvalue weighted by atomic mass is 35.5. The molecule has 0 amide bonds. The van der Waals surface area contributed by atoms with Crippen LogP contribution < -0.4 is 9.47 Å². The molecule has 0 radical (unpaired) electrons. The Kier molecular flexibility index (Phi) is 6.67. The Hall–Kier alpha value is -1.26. The van der Waals surface area contributed by atoms with Gasteiger partial charge in [0.1, 0.15) is 12.9 Å². The van der Waals surface area contributed by atoms with E-state index in [1.807, 2.05) is 0 Å². The zero-order chi connectivity index (χ0) is 12.8. The lowest BCUT2D eigenvalue weighted by atomic mass is 10.2. The molecule has 0 aromatic heterocycles. The fraction of sp³-hybridized carbons (Fsp3) is 0.500. The first kappa shape index (κ1) is 15.8. The molecule has 19 heavy (non-hydrogen) atoms. The van der Waals surface area contributed by atoms with E-state index in [1.165, 1.54) is 25.9 Å². The first-order chi connectivity index (χ1) is 8.83. The fourth-order valence-electron chi connectivity index (χ4n) is 2.17. The van der Waals surface area contributed by atoms with Crippen molar-refractivity contribution in [3.05, 3.63) is 23.8 Å². The lowest BCUT2D eigenvalue weighted by Gasteiger charge is -2.16. The van der Waals surface area contributed by atoms with Gasteiger partial charge in [0.15, 0.2) is 11.5 Å². The third-order valence-electron chi connectivity index (χ3n) is 3.19. The highest BCUT2D eigenvalue weighted by molar-refractivity contribution is 5.85. The number of ether oxygens (including phenoxy) is 2. The molecule has 0 bridgehead atoms. The second kappa shape index (κ2) is 8.02. The Balaban J connectivity index is 0.00000180. The summed E-state index contributed by atoms with van der Waals surface area (Å²) < 4.78 is 10.9. The Morgan fingerprint density at radius 3 is 2.63 bits per heavy atom. The summed E-state index contributed by atoms with van der Waals surface area (Å²) >= 11 is 0. The smallest absolute Gasteiger partial charge is 0.161 e. The minimum atomic E-state index is 0. The molecular weight excluding hydrogens is 266 g/mol. The van der Waals surface area contributed by atoms with Crippen molar-refractivity contribution in [1.82, 2.24) is 4.90 Å². The maximum absolute atomic E-state index is 10.7. The van der Waals surface area contributed by atoms with Gasteiger partial charge in [-0.3, -0.25) is 9.69 Å². The number of nitrogens with zero attached hydrogens (tertiary/aromatic N) is 1. The summed E-state index contributed by atoms with van der Waals surface area (Å²) in [5, 5.41) is 0. The summed E-state index contributed by atoms with van der Waals surface area (Å²) in [5.41, 5.74) is 0.596. The van der Waals surface area contributed by atoms with Crippen LogP contribution in [-0.2, 0) is 0 Å². The van der Waals surface area contributed by atoms with Gasteiger partial charge >= 0.3 is 0 Å². The second-order valence-corrected chi connectivity index (χ2v) is 4.43. The highest BCUT2D eigenvalue weighted by Gasteiger charge is 2.11. The summed E-state index contributed by atoms with van der Waals surface area (Å²) in [7, 11) is 1.58. The van der Waals surface area contributed by atoms with Crippen LogP contribution in [0.3, 0.4) is 0 Å². The van der Waals surface area contributed by atoms with Crippen LogP contribution in [0.15, 0.2) is 18.2 Å². The molecule has 4 nitrogen and oxygen atoms in total. The number of hydrogen-bond acceptors (Lipinski definition) is 4. The number of halogens is 1. The number of benzene rings is 1. The summed E-state index contributed by atoms with van der Waals surface area (Å²) in [6, 6.07) is 5.21. The van der Waals surface area contributed by atoms with Crippen LogP contribution in [0.25, 0.3) is 0 Å². The molecule has 0 atom stereocenters. The van der Waals surface area contributed by atoms with E-state index in [-0.39, 0.29) is 12.4 Å². The van der Waals surface area contributed by atoms with E-state index in [2.05, 4.69) is 4.90 Å². The second-order valence-electron chi connectivity index (χ2n) is 4.43. The Morgan fingerprint density at radius 2 is 2.00 bits per heavy atom. The van der Waals surface area contributed by atoms with Crippen molar-refractivity contribution >= 4 is 18.7 Å². The van der Waals surface area contributed by atoms with Crippen molar-refractivity contribution in [1.29, 1.82) is 0 Å². The number of likely N-dealkylation sites (tertiary alicyclic amines) is 1. The van der Waals surface area contributed by atoms with E-state index in [0.29, 0.717) is 23.7 Å². The van der Waals surface area contributed by atoms with Crippen LogP contribution in [-0.4, -0.2) is 44.5 Å². The molecule has 5 heteroatoms. The molecule has 0 N–H and O–H groups in total. The van der Waals surface area contributed by atoms with Crippen LogP contribution in [0.4, 0.5) is 0 Å². The van der Waals surface area contributed by atoms with E-state index < -0.39 is 0 Å². The third-order valence-corrected chi connectivity index (χ3v) is 3.19. The molecule has 1 aromatic rings. The third kappa shape index (κ3) is 4.40. The minimum absolute atomic E-state index is 0. The molecule has 1 aliphatic rings. The number of methoxy groups -OCH3 is 1. The zero-order valence-electron chi connectivity index (χ0n) is 11.1. The quantitative estimate of drug-likeness (QED) is 0.753. The maximum atomic E-state index is 10.7. The van der Waals surface area contributed by atoms with Gasteiger partial charge in [-0.05, 0) is 44.1 Å². The summed E-state index contributed by atoms with van der Waals surface area (Å²) in [4.78, 5) is 13.1. The number of carbonyl (C=O) groups excluding carboxylic acids is 1. The molecule has 0 unspecified atom stereocenters. The molecule has 1 aromatic carbocycles. The van der Waals surface area contributed by atoms with Crippen LogP contribution in [0, 0.1) is 0 Å². The Bertz CT molecular complexity index is 406. The van der Waals surface area contributed by atoms with Gasteiger partial charge < -0.3 is 9.47 Å². The van der Waals surface area contributed by atoms with Gasteiger partial charge in [-0.1, -0.05) is 0 Å². The predicted octanol–water partition coefficient (Wildman–Crippen LogP) is 2.40. The first-order valence-corrected chi connectivity index (χ1v) is 6.32. The van der Waals surface area contributed by atoms with Crippen molar-refractivity contribution in [2.45, 2.75) is 12.8 Å². The van der Waals surface area contributed by atoms with Gasteiger partial charge in [0.2, 0.25) is 0 Å². The van der Waals surface area contributed by atoms with E-state index in [9.17, 15) is 4.79 Å². The van der Waals surface area contributed by atoms with Crippen molar-refractivity contribution in [3.8, 4) is 11.5 Å². The molecule has 1 aliphatic heterocycles. The number of rotatable bonds is 6. The molecule has 0 saturated carbocycles. The average Bonchev–Trinajstić information content (AvgIpc) is 2.92.